The van der Waals surface area contributed by atoms with Crippen LogP contribution in [0.1, 0.15) is 13.8 Å². The number of aromatic nitrogens is 2. The fourth-order valence-electron chi connectivity index (χ4n) is 2.06. The molecule has 2 aromatic rings. The molecule has 3 N–H and O–H groups in total. The summed E-state index contributed by atoms with van der Waals surface area (Å²) in [6, 6.07) is 5.43. The summed E-state index contributed by atoms with van der Waals surface area (Å²) < 4.78 is 0. The first-order valence-electron chi connectivity index (χ1n) is 6.67. The molecule has 0 radical (unpaired) electrons. The topological polar surface area (TPSA) is 84.1 Å². The number of likely N-dealkylation sites (N-methyl/N-ethyl adjacent to an activating group) is 1. The predicted octanol–water partition coefficient (Wildman–Crippen LogP) is 1.49. The van der Waals surface area contributed by atoms with Gasteiger partial charge in [-0.15, -0.1) is 0 Å². The molecule has 0 saturated heterocycles. The SMILES string of the molecule is CCN(CC)C(=O)CNc1ncnc2ccc(N)cc12. The van der Waals surface area contributed by atoms with E-state index in [-0.39, 0.29) is 12.5 Å². The van der Waals surface area contributed by atoms with Crippen molar-refractivity contribution in [2.45, 2.75) is 13.8 Å². The van der Waals surface area contributed by atoms with Gasteiger partial charge in [-0.05, 0) is 32.0 Å². The lowest BCUT2D eigenvalue weighted by molar-refractivity contribution is -0.128. The van der Waals surface area contributed by atoms with Crippen LogP contribution in [0.15, 0.2) is 24.5 Å². The molecule has 6 heteroatoms. The predicted molar refractivity (Wildman–Crippen MR) is 80.4 cm³/mol. The van der Waals surface area contributed by atoms with E-state index in [2.05, 4.69) is 15.3 Å². The normalized spacial score (nSPS) is 10.5. The third kappa shape index (κ3) is 2.96. The first-order chi connectivity index (χ1) is 9.65. The lowest BCUT2D eigenvalue weighted by Crippen LogP contribution is -2.35. The van der Waals surface area contributed by atoms with Crippen molar-refractivity contribution < 1.29 is 4.79 Å². The molecule has 106 valence electrons. The molecule has 6 nitrogen and oxygen atoms in total. The van der Waals surface area contributed by atoms with Crippen LogP contribution in [0.4, 0.5) is 11.5 Å². The van der Waals surface area contributed by atoms with E-state index >= 15 is 0 Å². The van der Waals surface area contributed by atoms with Crippen LogP contribution in [0.5, 0.6) is 0 Å². The molecule has 0 spiro atoms. The Morgan fingerprint density at radius 3 is 2.75 bits per heavy atom. The van der Waals surface area contributed by atoms with E-state index in [0.717, 1.165) is 10.9 Å². The fourth-order valence-corrected chi connectivity index (χ4v) is 2.06. The maximum Gasteiger partial charge on any atom is 0.241 e. The minimum absolute atomic E-state index is 0.0469. The van der Waals surface area contributed by atoms with Crippen molar-refractivity contribution in [3.8, 4) is 0 Å². The van der Waals surface area contributed by atoms with Gasteiger partial charge in [-0.2, -0.15) is 0 Å². The van der Waals surface area contributed by atoms with Gasteiger partial charge in [0.25, 0.3) is 0 Å². The Labute approximate surface area is 118 Å². The second-order valence-electron chi connectivity index (χ2n) is 4.42. The Morgan fingerprint density at radius 1 is 1.30 bits per heavy atom. The number of nitrogens with zero attached hydrogens (tertiary/aromatic N) is 3. The minimum atomic E-state index is 0.0469. The maximum atomic E-state index is 12.0. The average Bonchev–Trinajstić information content (AvgIpc) is 2.46. The van der Waals surface area contributed by atoms with Crippen LogP contribution in [0.2, 0.25) is 0 Å². The lowest BCUT2D eigenvalue weighted by atomic mass is 10.2. The van der Waals surface area contributed by atoms with Crippen LogP contribution in [-0.4, -0.2) is 40.4 Å². The van der Waals surface area contributed by atoms with Gasteiger partial charge in [0, 0.05) is 24.2 Å². The molecule has 0 atom stereocenters. The van der Waals surface area contributed by atoms with Gasteiger partial charge in [-0.3, -0.25) is 4.79 Å². The first kappa shape index (κ1) is 14.0. The van der Waals surface area contributed by atoms with Gasteiger partial charge in [0.15, 0.2) is 0 Å². The molecular weight excluding hydrogens is 254 g/mol. The Kier molecular flexibility index (Phi) is 4.34. The summed E-state index contributed by atoms with van der Waals surface area (Å²) in [4.78, 5) is 22.1. The molecule has 1 aromatic carbocycles. The van der Waals surface area contributed by atoms with Crippen molar-refractivity contribution in [1.82, 2.24) is 14.9 Å². The molecule has 1 heterocycles. The summed E-state index contributed by atoms with van der Waals surface area (Å²) in [6.45, 7) is 5.54. The summed E-state index contributed by atoms with van der Waals surface area (Å²) in [5.41, 5.74) is 7.22. The van der Waals surface area contributed by atoms with Gasteiger partial charge in [-0.25, -0.2) is 9.97 Å². The summed E-state index contributed by atoms with van der Waals surface area (Å²) in [5, 5.41) is 3.89. The van der Waals surface area contributed by atoms with Gasteiger partial charge in [-0.1, -0.05) is 0 Å². The van der Waals surface area contributed by atoms with E-state index in [1.165, 1.54) is 6.33 Å². The van der Waals surface area contributed by atoms with E-state index < -0.39 is 0 Å². The zero-order chi connectivity index (χ0) is 14.5. The Hall–Kier alpha value is -2.37. The van der Waals surface area contributed by atoms with Crippen molar-refractivity contribution >= 4 is 28.3 Å². The molecule has 0 aliphatic rings. The highest BCUT2D eigenvalue weighted by Crippen LogP contribution is 2.21. The van der Waals surface area contributed by atoms with Crippen molar-refractivity contribution in [3.63, 3.8) is 0 Å². The third-order valence-corrected chi connectivity index (χ3v) is 3.18. The van der Waals surface area contributed by atoms with Crippen molar-refractivity contribution in [3.05, 3.63) is 24.5 Å². The smallest absolute Gasteiger partial charge is 0.241 e. The highest BCUT2D eigenvalue weighted by molar-refractivity contribution is 5.92. The molecule has 0 bridgehead atoms. The molecular formula is C14H19N5O. The number of hydrogen-bond acceptors (Lipinski definition) is 5. The first-order valence-corrected chi connectivity index (χ1v) is 6.67. The van der Waals surface area contributed by atoms with Crippen LogP contribution < -0.4 is 11.1 Å². The molecule has 1 aromatic heterocycles. The number of fused-ring (bicyclic) bond motifs is 1. The van der Waals surface area contributed by atoms with Crippen LogP contribution in [0.25, 0.3) is 10.9 Å². The monoisotopic (exact) mass is 273 g/mol. The van der Waals surface area contributed by atoms with E-state index in [9.17, 15) is 4.79 Å². The van der Waals surface area contributed by atoms with Gasteiger partial charge in [0.05, 0.1) is 12.1 Å². The number of nitrogens with two attached hydrogens (primary N) is 1. The van der Waals surface area contributed by atoms with Crippen LogP contribution in [-0.2, 0) is 4.79 Å². The molecule has 0 saturated carbocycles. The van der Waals surface area contributed by atoms with Gasteiger partial charge in [0.2, 0.25) is 5.91 Å². The van der Waals surface area contributed by atoms with Crippen LogP contribution in [0, 0.1) is 0 Å². The van der Waals surface area contributed by atoms with E-state index in [4.69, 9.17) is 5.73 Å². The molecule has 20 heavy (non-hydrogen) atoms. The molecule has 2 rings (SSSR count). The zero-order valence-electron chi connectivity index (χ0n) is 11.8. The quantitative estimate of drug-likeness (QED) is 0.806. The number of carbonyl (C=O) groups is 1. The maximum absolute atomic E-state index is 12.0. The summed E-state index contributed by atoms with van der Waals surface area (Å²) >= 11 is 0. The van der Waals surface area contributed by atoms with E-state index in [1.807, 2.05) is 19.9 Å². The number of hydrogen-bond donors (Lipinski definition) is 2. The van der Waals surface area contributed by atoms with Gasteiger partial charge >= 0.3 is 0 Å². The average molecular weight is 273 g/mol. The van der Waals surface area contributed by atoms with E-state index in [1.54, 1.807) is 17.0 Å². The second-order valence-corrected chi connectivity index (χ2v) is 4.42. The lowest BCUT2D eigenvalue weighted by Gasteiger charge is -2.19. The number of rotatable bonds is 5. The largest absolute Gasteiger partial charge is 0.399 e. The Morgan fingerprint density at radius 2 is 2.05 bits per heavy atom. The summed E-state index contributed by atoms with van der Waals surface area (Å²) in [6.07, 6.45) is 1.47. The third-order valence-electron chi connectivity index (χ3n) is 3.18. The Balaban J connectivity index is 2.18. The number of nitrogen functional groups attached to an aromatic ring is 1. The molecule has 1 amide bonds. The van der Waals surface area contributed by atoms with Gasteiger partial charge in [0.1, 0.15) is 12.1 Å². The second kappa shape index (κ2) is 6.18. The standard InChI is InChI=1S/C14H19N5O/c1-3-19(4-2)13(20)8-16-14-11-7-10(15)5-6-12(11)17-9-18-14/h5-7,9H,3-4,8,15H2,1-2H3,(H,16,17,18). The minimum Gasteiger partial charge on any atom is -0.399 e. The molecule has 0 aliphatic carbocycles. The highest BCUT2D eigenvalue weighted by atomic mass is 16.2. The molecule has 0 unspecified atom stereocenters. The van der Waals surface area contributed by atoms with Crippen molar-refractivity contribution in [2.24, 2.45) is 0 Å². The van der Waals surface area contributed by atoms with Crippen molar-refractivity contribution in [2.75, 3.05) is 30.7 Å². The van der Waals surface area contributed by atoms with Crippen LogP contribution in [0.3, 0.4) is 0 Å². The summed E-state index contributed by atoms with van der Waals surface area (Å²) in [7, 11) is 0. The number of nitrogens with one attached hydrogen (secondary N) is 1. The highest BCUT2D eigenvalue weighted by Gasteiger charge is 2.10. The van der Waals surface area contributed by atoms with E-state index in [0.29, 0.717) is 24.6 Å². The van der Waals surface area contributed by atoms with Crippen LogP contribution >= 0.6 is 0 Å². The summed E-state index contributed by atoms with van der Waals surface area (Å²) in [5.74, 6) is 0.675. The Bertz CT molecular complexity index is 610. The number of amides is 1. The zero-order valence-corrected chi connectivity index (χ0v) is 11.8. The number of carbonyl (C=O) groups excluding carboxylic acids is 1. The molecule has 0 aliphatic heterocycles. The van der Waals surface area contributed by atoms with Gasteiger partial charge < -0.3 is 16.0 Å². The molecule has 0 fully saturated rings. The van der Waals surface area contributed by atoms with Crippen molar-refractivity contribution in [1.29, 1.82) is 0 Å². The fraction of sp³-hybridized carbons (Fsp3) is 0.357. The number of anilines is 2. The number of benzene rings is 1.